The molecule has 0 aliphatic carbocycles. The van der Waals surface area contributed by atoms with Gasteiger partial charge in [-0.2, -0.15) is 0 Å². The molecule has 1 aliphatic heterocycles. The summed E-state index contributed by atoms with van der Waals surface area (Å²) in [6.07, 6.45) is 0. The van der Waals surface area contributed by atoms with Crippen molar-refractivity contribution in [1.29, 1.82) is 0 Å². The Morgan fingerprint density at radius 2 is 1.90 bits per heavy atom. The minimum absolute atomic E-state index is 0.329. The second-order valence-corrected chi connectivity index (χ2v) is 8.36. The number of hydrogen-bond donors (Lipinski definition) is 3. The number of benzene rings is 1. The summed E-state index contributed by atoms with van der Waals surface area (Å²) < 4.78 is 11.0. The number of ether oxygens (including phenoxy) is 1. The van der Waals surface area contributed by atoms with Crippen LogP contribution in [-0.2, 0) is 23.4 Å². The highest BCUT2D eigenvalue weighted by molar-refractivity contribution is 5.79. The fourth-order valence-electron chi connectivity index (χ4n) is 3.87. The van der Waals surface area contributed by atoms with Gasteiger partial charge in [-0.3, -0.25) is 4.90 Å². The standard InChI is InChI=1S/C24H36N4O3/c1-5-25-23(27-17-24(4,29)22-13-18(2)31-19(22)3)26-15-20-7-6-8-21(14-20)16-28-9-11-30-12-10-28/h6-8,13-14,29H,5,9-12,15-17H2,1-4H3,(H2,25,26,27). The van der Waals surface area contributed by atoms with Gasteiger partial charge in [-0.15, -0.1) is 0 Å². The van der Waals surface area contributed by atoms with E-state index in [1.54, 1.807) is 6.92 Å². The van der Waals surface area contributed by atoms with Crippen molar-refractivity contribution in [3.05, 3.63) is 58.5 Å². The van der Waals surface area contributed by atoms with Crippen LogP contribution in [0.5, 0.6) is 0 Å². The van der Waals surface area contributed by atoms with Crippen LogP contribution in [0, 0.1) is 13.8 Å². The number of nitrogens with one attached hydrogen (secondary N) is 2. The van der Waals surface area contributed by atoms with E-state index in [2.05, 4.69) is 39.8 Å². The largest absolute Gasteiger partial charge is 0.466 e. The average Bonchev–Trinajstić information content (AvgIpc) is 3.10. The number of aliphatic hydroxyl groups is 1. The molecule has 3 N–H and O–H groups in total. The van der Waals surface area contributed by atoms with Crippen LogP contribution in [0.2, 0.25) is 0 Å². The van der Waals surface area contributed by atoms with Crippen molar-refractivity contribution in [2.45, 2.75) is 46.4 Å². The number of aryl methyl sites for hydroxylation is 2. The zero-order valence-electron chi connectivity index (χ0n) is 19.2. The van der Waals surface area contributed by atoms with E-state index < -0.39 is 5.60 Å². The van der Waals surface area contributed by atoms with Crippen LogP contribution in [0.15, 0.2) is 39.7 Å². The van der Waals surface area contributed by atoms with Crippen molar-refractivity contribution in [2.24, 2.45) is 4.99 Å². The molecule has 3 rings (SSSR count). The summed E-state index contributed by atoms with van der Waals surface area (Å²) in [5.74, 6) is 2.22. The molecule has 7 nitrogen and oxygen atoms in total. The molecule has 1 aliphatic rings. The number of morpholine rings is 1. The summed E-state index contributed by atoms with van der Waals surface area (Å²) in [4.78, 5) is 7.14. The smallest absolute Gasteiger partial charge is 0.191 e. The van der Waals surface area contributed by atoms with Crippen LogP contribution in [-0.4, -0.2) is 55.4 Å². The molecule has 2 heterocycles. The SMILES string of the molecule is CCNC(=NCc1cccc(CN2CCOCC2)c1)NCC(C)(O)c1cc(C)oc1C. The number of furan rings is 1. The Bertz CT molecular complexity index is 869. The normalized spacial score (nSPS) is 17.4. The third kappa shape index (κ3) is 6.82. The van der Waals surface area contributed by atoms with Gasteiger partial charge in [0, 0.05) is 31.7 Å². The van der Waals surface area contributed by atoms with Gasteiger partial charge in [-0.1, -0.05) is 24.3 Å². The molecule has 0 saturated carbocycles. The Morgan fingerprint density at radius 3 is 2.58 bits per heavy atom. The maximum absolute atomic E-state index is 11.0. The number of rotatable bonds is 8. The van der Waals surface area contributed by atoms with Crippen molar-refractivity contribution in [1.82, 2.24) is 15.5 Å². The lowest BCUT2D eigenvalue weighted by molar-refractivity contribution is 0.0342. The van der Waals surface area contributed by atoms with E-state index in [9.17, 15) is 5.11 Å². The van der Waals surface area contributed by atoms with Crippen molar-refractivity contribution < 1.29 is 14.3 Å². The molecule has 0 radical (unpaired) electrons. The highest BCUT2D eigenvalue weighted by Gasteiger charge is 2.27. The number of aliphatic imine (C=N–C) groups is 1. The minimum Gasteiger partial charge on any atom is -0.466 e. The van der Waals surface area contributed by atoms with Gasteiger partial charge in [-0.05, 0) is 44.9 Å². The van der Waals surface area contributed by atoms with Crippen LogP contribution in [0.1, 0.15) is 42.1 Å². The Morgan fingerprint density at radius 1 is 1.16 bits per heavy atom. The summed E-state index contributed by atoms with van der Waals surface area (Å²) in [5.41, 5.74) is 2.19. The zero-order chi connectivity index (χ0) is 22.3. The van der Waals surface area contributed by atoms with Gasteiger partial charge in [0.1, 0.15) is 17.1 Å². The van der Waals surface area contributed by atoms with Gasteiger partial charge in [0.15, 0.2) is 5.96 Å². The highest BCUT2D eigenvalue weighted by Crippen LogP contribution is 2.26. The van der Waals surface area contributed by atoms with Gasteiger partial charge < -0.3 is 24.9 Å². The Balaban J connectivity index is 1.61. The van der Waals surface area contributed by atoms with Crippen molar-refractivity contribution in [3.63, 3.8) is 0 Å². The first-order valence-electron chi connectivity index (χ1n) is 11.1. The van der Waals surface area contributed by atoms with E-state index in [0.29, 0.717) is 19.0 Å². The van der Waals surface area contributed by atoms with Crippen molar-refractivity contribution in [3.8, 4) is 0 Å². The van der Waals surface area contributed by atoms with E-state index in [1.165, 1.54) is 5.56 Å². The fourth-order valence-corrected chi connectivity index (χ4v) is 3.87. The first-order chi connectivity index (χ1) is 14.9. The first kappa shape index (κ1) is 23.3. The predicted molar refractivity (Wildman–Crippen MR) is 123 cm³/mol. The van der Waals surface area contributed by atoms with E-state index >= 15 is 0 Å². The third-order valence-corrected chi connectivity index (χ3v) is 5.49. The monoisotopic (exact) mass is 428 g/mol. The van der Waals surface area contributed by atoms with E-state index in [4.69, 9.17) is 14.1 Å². The molecule has 1 aromatic heterocycles. The van der Waals surface area contributed by atoms with Gasteiger partial charge in [0.25, 0.3) is 0 Å². The molecule has 1 atom stereocenters. The van der Waals surface area contributed by atoms with Crippen LogP contribution in [0.25, 0.3) is 0 Å². The fraction of sp³-hybridized carbons (Fsp3) is 0.542. The summed E-state index contributed by atoms with van der Waals surface area (Å²) in [6.45, 7) is 13.7. The number of hydrogen-bond acceptors (Lipinski definition) is 5. The zero-order valence-corrected chi connectivity index (χ0v) is 19.2. The summed E-state index contributed by atoms with van der Waals surface area (Å²) in [6, 6.07) is 10.5. The lowest BCUT2D eigenvalue weighted by Gasteiger charge is -2.26. The summed E-state index contributed by atoms with van der Waals surface area (Å²) in [7, 11) is 0. The molecule has 1 unspecified atom stereocenters. The second-order valence-electron chi connectivity index (χ2n) is 8.36. The molecule has 170 valence electrons. The molecular weight excluding hydrogens is 392 g/mol. The molecule has 2 aromatic rings. The van der Waals surface area contributed by atoms with E-state index in [-0.39, 0.29) is 0 Å². The lowest BCUT2D eigenvalue weighted by Crippen LogP contribution is -2.44. The van der Waals surface area contributed by atoms with Gasteiger partial charge in [-0.25, -0.2) is 4.99 Å². The van der Waals surface area contributed by atoms with Crippen LogP contribution < -0.4 is 10.6 Å². The molecule has 0 amide bonds. The molecule has 7 heteroatoms. The highest BCUT2D eigenvalue weighted by atomic mass is 16.5. The molecule has 31 heavy (non-hydrogen) atoms. The van der Waals surface area contributed by atoms with Crippen LogP contribution in [0.3, 0.4) is 0 Å². The second kappa shape index (κ2) is 10.8. The number of nitrogens with zero attached hydrogens (tertiary/aromatic N) is 2. The van der Waals surface area contributed by atoms with Crippen LogP contribution in [0.4, 0.5) is 0 Å². The topological polar surface area (TPSA) is 82.3 Å². The maximum Gasteiger partial charge on any atom is 0.191 e. The molecular formula is C24H36N4O3. The molecule has 0 spiro atoms. The van der Waals surface area contributed by atoms with Crippen molar-refractivity contribution in [2.75, 3.05) is 39.4 Å². The predicted octanol–water partition coefficient (Wildman–Crippen LogP) is 2.69. The van der Waals surface area contributed by atoms with E-state index in [0.717, 1.165) is 62.0 Å². The molecule has 1 fully saturated rings. The van der Waals surface area contributed by atoms with Gasteiger partial charge in [0.05, 0.1) is 26.3 Å². The van der Waals surface area contributed by atoms with Crippen molar-refractivity contribution >= 4 is 5.96 Å². The molecule has 1 saturated heterocycles. The first-order valence-corrected chi connectivity index (χ1v) is 11.1. The Labute approximate surface area is 185 Å². The average molecular weight is 429 g/mol. The summed E-state index contributed by atoms with van der Waals surface area (Å²) >= 11 is 0. The molecule has 1 aromatic carbocycles. The number of guanidine groups is 1. The maximum atomic E-state index is 11.0. The quantitative estimate of drug-likeness (QED) is 0.443. The van der Waals surface area contributed by atoms with Crippen LogP contribution >= 0.6 is 0 Å². The Hall–Kier alpha value is -2.35. The molecule has 0 bridgehead atoms. The Kier molecular flexibility index (Phi) is 8.12. The minimum atomic E-state index is -1.06. The summed E-state index contributed by atoms with van der Waals surface area (Å²) in [5, 5.41) is 17.5. The third-order valence-electron chi connectivity index (χ3n) is 5.49. The lowest BCUT2D eigenvalue weighted by atomic mass is 9.96. The van der Waals surface area contributed by atoms with Gasteiger partial charge in [0.2, 0.25) is 0 Å². The van der Waals surface area contributed by atoms with Gasteiger partial charge >= 0.3 is 0 Å². The van der Waals surface area contributed by atoms with E-state index in [1.807, 2.05) is 26.8 Å².